The second-order valence-electron chi connectivity index (χ2n) is 5.99. The number of hydrogen-bond acceptors (Lipinski definition) is 4. The number of benzene rings is 2. The molecule has 0 aliphatic carbocycles. The van der Waals surface area contributed by atoms with E-state index in [9.17, 15) is 35.9 Å². The molecule has 156 valence electrons. The molecule has 0 aromatic heterocycles. The smallest absolute Gasteiger partial charge is 0.416 e. The van der Waals surface area contributed by atoms with Crippen molar-refractivity contribution in [2.24, 2.45) is 0 Å². The van der Waals surface area contributed by atoms with Crippen LogP contribution in [0.15, 0.2) is 42.5 Å². The highest BCUT2D eigenvalue weighted by molar-refractivity contribution is 5.73. The van der Waals surface area contributed by atoms with Gasteiger partial charge in [0.25, 0.3) is 0 Å². The van der Waals surface area contributed by atoms with E-state index in [1.54, 1.807) is 0 Å². The molecule has 0 saturated carbocycles. The Balaban J connectivity index is 2.06. The van der Waals surface area contributed by atoms with E-state index in [0.717, 1.165) is 0 Å². The second kappa shape index (κ2) is 8.54. The van der Waals surface area contributed by atoms with E-state index in [-0.39, 0.29) is 18.2 Å². The Kier molecular flexibility index (Phi) is 6.55. The molecule has 10 heteroatoms. The second-order valence-corrected chi connectivity index (χ2v) is 5.99. The third kappa shape index (κ3) is 6.81. The number of esters is 2. The lowest BCUT2D eigenvalue weighted by Crippen LogP contribution is -2.13. The Hall–Kier alpha value is -3.04. The summed E-state index contributed by atoms with van der Waals surface area (Å²) in [6.45, 7) is 0.459. The van der Waals surface area contributed by atoms with Crippen LogP contribution in [0.25, 0.3) is 0 Å². The van der Waals surface area contributed by atoms with E-state index in [1.807, 2.05) is 0 Å². The molecule has 0 atom stereocenters. The molecule has 0 amide bonds. The Morgan fingerprint density at radius 2 is 1.34 bits per heavy atom. The Morgan fingerprint density at radius 3 is 1.79 bits per heavy atom. The molecule has 0 saturated heterocycles. The third-order valence-corrected chi connectivity index (χ3v) is 3.58. The molecule has 29 heavy (non-hydrogen) atoms. The van der Waals surface area contributed by atoms with E-state index in [2.05, 4.69) is 0 Å². The first-order valence-electron chi connectivity index (χ1n) is 8.06. The van der Waals surface area contributed by atoms with Crippen LogP contribution in [0.2, 0.25) is 0 Å². The van der Waals surface area contributed by atoms with Crippen molar-refractivity contribution in [1.29, 1.82) is 0 Å². The maximum Gasteiger partial charge on any atom is 0.416 e. The number of ether oxygens (including phenoxy) is 2. The number of alkyl halides is 6. The number of halogens is 6. The van der Waals surface area contributed by atoms with Gasteiger partial charge in [-0.25, -0.2) is 0 Å². The Bertz CT molecular complexity index is 853. The van der Waals surface area contributed by atoms with Crippen molar-refractivity contribution in [2.45, 2.75) is 32.3 Å². The van der Waals surface area contributed by atoms with Gasteiger partial charge >= 0.3 is 24.3 Å². The molecular formula is C19H14F6O4. The van der Waals surface area contributed by atoms with Crippen LogP contribution in [0.5, 0.6) is 5.75 Å². The number of rotatable bonds is 5. The maximum absolute atomic E-state index is 12.8. The molecule has 2 aromatic carbocycles. The Morgan fingerprint density at radius 1 is 0.828 bits per heavy atom. The molecule has 4 nitrogen and oxygen atoms in total. The first-order valence-corrected chi connectivity index (χ1v) is 8.06. The summed E-state index contributed by atoms with van der Waals surface area (Å²) in [5, 5.41) is 0. The molecule has 0 aliphatic heterocycles. The molecule has 0 aliphatic rings. The molecule has 2 aromatic rings. The average molecular weight is 420 g/mol. The zero-order chi connectivity index (χ0) is 21.8. The molecule has 0 radical (unpaired) electrons. The van der Waals surface area contributed by atoms with E-state index < -0.39 is 47.6 Å². The standard InChI is InChI=1S/C19H14F6O4/c1-11(26)29-16-4-2-12(3-5-16)8-17(27)28-10-13-6-14(18(20,21)22)9-15(7-13)19(23,24)25/h2-7,9H,8,10H2,1H3. The topological polar surface area (TPSA) is 52.6 Å². The SMILES string of the molecule is CC(=O)Oc1ccc(CC(=O)OCc2cc(C(F)(F)F)cc(C(F)(F)F)c2)cc1. The minimum absolute atomic E-state index is 0.00398. The summed E-state index contributed by atoms with van der Waals surface area (Å²) in [5.74, 6) is -1.13. The van der Waals surface area contributed by atoms with Crippen LogP contribution < -0.4 is 4.74 Å². The zero-order valence-corrected chi connectivity index (χ0v) is 14.9. The first-order chi connectivity index (χ1) is 13.3. The van der Waals surface area contributed by atoms with E-state index >= 15 is 0 Å². The van der Waals surface area contributed by atoms with Crippen molar-refractivity contribution in [2.75, 3.05) is 0 Å². The number of carbonyl (C=O) groups excluding carboxylic acids is 2. The van der Waals surface area contributed by atoms with Gasteiger partial charge in [-0.15, -0.1) is 0 Å². The number of carbonyl (C=O) groups is 2. The first kappa shape index (κ1) is 22.3. The van der Waals surface area contributed by atoms with Gasteiger partial charge < -0.3 is 9.47 Å². The van der Waals surface area contributed by atoms with Crippen LogP contribution in [0.1, 0.15) is 29.2 Å². The third-order valence-electron chi connectivity index (χ3n) is 3.58. The number of hydrogen-bond donors (Lipinski definition) is 0. The Labute approximate surface area is 161 Å². The van der Waals surface area contributed by atoms with Crippen molar-refractivity contribution in [3.63, 3.8) is 0 Å². The van der Waals surface area contributed by atoms with Crippen molar-refractivity contribution in [3.8, 4) is 5.75 Å². The minimum Gasteiger partial charge on any atom is -0.461 e. The van der Waals surface area contributed by atoms with Crippen LogP contribution in [-0.2, 0) is 39.7 Å². The fourth-order valence-corrected chi connectivity index (χ4v) is 2.33. The summed E-state index contributed by atoms with van der Waals surface area (Å²) in [7, 11) is 0. The van der Waals surface area contributed by atoms with Crippen molar-refractivity contribution in [3.05, 3.63) is 64.7 Å². The lowest BCUT2D eigenvalue weighted by molar-refractivity contribution is -0.144. The van der Waals surface area contributed by atoms with Crippen molar-refractivity contribution >= 4 is 11.9 Å². The van der Waals surface area contributed by atoms with E-state index in [4.69, 9.17) is 9.47 Å². The molecule has 0 unspecified atom stereocenters. The van der Waals surface area contributed by atoms with E-state index in [0.29, 0.717) is 17.7 Å². The normalized spacial score (nSPS) is 11.8. The molecule has 0 heterocycles. The molecule has 2 rings (SSSR count). The van der Waals surface area contributed by atoms with Gasteiger partial charge in [0.15, 0.2) is 0 Å². The van der Waals surface area contributed by atoms with Gasteiger partial charge in [-0.1, -0.05) is 12.1 Å². The highest BCUT2D eigenvalue weighted by atomic mass is 19.4. The van der Waals surface area contributed by atoms with Gasteiger partial charge in [-0.05, 0) is 41.5 Å². The highest BCUT2D eigenvalue weighted by Gasteiger charge is 2.36. The zero-order valence-electron chi connectivity index (χ0n) is 14.9. The minimum atomic E-state index is -4.98. The summed E-state index contributed by atoms with van der Waals surface area (Å²) in [6, 6.07) is 6.76. The largest absolute Gasteiger partial charge is 0.461 e. The fraction of sp³-hybridized carbons (Fsp3) is 0.263. The van der Waals surface area contributed by atoms with Gasteiger partial charge in [0.05, 0.1) is 17.5 Å². The summed E-state index contributed by atoms with van der Waals surface area (Å²) < 4.78 is 86.6. The highest BCUT2D eigenvalue weighted by Crippen LogP contribution is 2.36. The van der Waals surface area contributed by atoms with Crippen molar-refractivity contribution in [1.82, 2.24) is 0 Å². The summed E-state index contributed by atoms with van der Waals surface area (Å²) in [5.41, 5.74) is -2.96. The maximum atomic E-state index is 12.8. The quantitative estimate of drug-likeness (QED) is 0.391. The van der Waals surface area contributed by atoms with Crippen LogP contribution in [0.3, 0.4) is 0 Å². The van der Waals surface area contributed by atoms with Crippen LogP contribution >= 0.6 is 0 Å². The summed E-state index contributed by atoms with van der Waals surface area (Å²) in [6.07, 6.45) is -10.2. The lowest BCUT2D eigenvalue weighted by atomic mass is 10.1. The van der Waals surface area contributed by atoms with E-state index in [1.165, 1.54) is 31.2 Å². The van der Waals surface area contributed by atoms with Crippen LogP contribution in [0, 0.1) is 0 Å². The van der Waals surface area contributed by atoms with Gasteiger partial charge in [0, 0.05) is 6.92 Å². The van der Waals surface area contributed by atoms with Crippen molar-refractivity contribution < 1.29 is 45.4 Å². The average Bonchev–Trinajstić information content (AvgIpc) is 2.59. The van der Waals surface area contributed by atoms with Gasteiger partial charge in [0.1, 0.15) is 12.4 Å². The predicted octanol–water partition coefficient (Wildman–Crippen LogP) is 4.94. The van der Waals surface area contributed by atoms with Gasteiger partial charge in [-0.3, -0.25) is 9.59 Å². The van der Waals surface area contributed by atoms with Crippen LogP contribution in [-0.4, -0.2) is 11.9 Å². The monoisotopic (exact) mass is 420 g/mol. The fourth-order valence-electron chi connectivity index (χ4n) is 2.33. The molecule has 0 spiro atoms. The molecule has 0 fully saturated rings. The molecule has 0 bridgehead atoms. The van der Waals surface area contributed by atoms with Gasteiger partial charge in [-0.2, -0.15) is 26.3 Å². The van der Waals surface area contributed by atoms with Crippen LogP contribution in [0.4, 0.5) is 26.3 Å². The summed E-state index contributed by atoms with van der Waals surface area (Å²) in [4.78, 5) is 22.7. The summed E-state index contributed by atoms with van der Waals surface area (Å²) >= 11 is 0. The molecular weight excluding hydrogens is 406 g/mol. The van der Waals surface area contributed by atoms with Gasteiger partial charge in [0.2, 0.25) is 0 Å². The molecule has 0 N–H and O–H groups in total. The lowest BCUT2D eigenvalue weighted by Gasteiger charge is -2.14. The predicted molar refractivity (Wildman–Crippen MR) is 87.7 cm³/mol.